The molecule has 0 radical (unpaired) electrons. The lowest BCUT2D eigenvalue weighted by molar-refractivity contribution is -0.111. The fourth-order valence-corrected chi connectivity index (χ4v) is 2.57. The average Bonchev–Trinajstić information content (AvgIpc) is 2.61. The number of methoxy groups -OCH3 is 3. The molecule has 132 valence electrons. The number of nitrogens with one attached hydrogen (secondary N) is 1. The molecule has 0 aliphatic rings. The molecule has 2 rings (SSSR count). The Hall–Kier alpha value is -2.47. The normalized spacial score (nSPS) is 10.6. The maximum Gasteiger partial charge on any atom is 0.248 e. The molecular formula is C19H20BrNO4. The molecule has 0 heterocycles. The Morgan fingerprint density at radius 1 is 1.04 bits per heavy atom. The molecule has 2 aromatic carbocycles. The molecule has 2 aromatic rings. The number of anilines is 1. The Morgan fingerprint density at radius 3 is 2.36 bits per heavy atom. The van der Waals surface area contributed by atoms with Crippen molar-refractivity contribution >= 4 is 33.6 Å². The lowest BCUT2D eigenvalue weighted by Crippen LogP contribution is -2.07. The summed E-state index contributed by atoms with van der Waals surface area (Å²) in [7, 11) is 4.64. The summed E-state index contributed by atoms with van der Waals surface area (Å²) in [5, 5.41) is 2.83. The minimum atomic E-state index is -0.237. The Kier molecular flexibility index (Phi) is 6.47. The number of rotatable bonds is 6. The number of carbonyl (C=O) groups is 1. The number of hydrogen-bond acceptors (Lipinski definition) is 4. The first-order chi connectivity index (χ1) is 12.0. The zero-order valence-electron chi connectivity index (χ0n) is 14.6. The van der Waals surface area contributed by atoms with Crippen LogP contribution in [0.5, 0.6) is 17.2 Å². The first-order valence-electron chi connectivity index (χ1n) is 7.54. The highest BCUT2D eigenvalue weighted by molar-refractivity contribution is 9.10. The minimum absolute atomic E-state index is 0.237. The molecule has 0 bridgehead atoms. The number of benzene rings is 2. The maximum absolute atomic E-state index is 12.2. The van der Waals surface area contributed by atoms with Gasteiger partial charge >= 0.3 is 0 Å². The van der Waals surface area contributed by atoms with Crippen LogP contribution in [0.1, 0.15) is 11.1 Å². The van der Waals surface area contributed by atoms with E-state index in [4.69, 9.17) is 14.2 Å². The summed E-state index contributed by atoms with van der Waals surface area (Å²) in [5.41, 5.74) is 2.49. The summed E-state index contributed by atoms with van der Waals surface area (Å²) in [4.78, 5) is 12.2. The van der Waals surface area contributed by atoms with Crippen LogP contribution in [-0.2, 0) is 4.79 Å². The molecule has 0 aliphatic heterocycles. The van der Waals surface area contributed by atoms with Gasteiger partial charge < -0.3 is 19.5 Å². The molecule has 5 nitrogen and oxygen atoms in total. The quantitative estimate of drug-likeness (QED) is 0.721. The summed E-state index contributed by atoms with van der Waals surface area (Å²) in [6.45, 7) is 1.96. The topological polar surface area (TPSA) is 56.8 Å². The number of hydrogen-bond donors (Lipinski definition) is 1. The summed E-state index contributed by atoms with van der Waals surface area (Å²) in [5.74, 6) is 1.31. The van der Waals surface area contributed by atoms with Crippen molar-refractivity contribution in [2.24, 2.45) is 0 Å². The molecule has 0 spiro atoms. The maximum atomic E-state index is 12.2. The lowest BCUT2D eigenvalue weighted by Gasteiger charge is -2.14. The number of carbonyl (C=O) groups excluding carboxylic acids is 1. The smallest absolute Gasteiger partial charge is 0.248 e. The van der Waals surface area contributed by atoms with Crippen LogP contribution in [0.15, 0.2) is 40.9 Å². The van der Waals surface area contributed by atoms with Crippen molar-refractivity contribution in [2.45, 2.75) is 6.92 Å². The minimum Gasteiger partial charge on any atom is -0.493 e. The van der Waals surface area contributed by atoms with E-state index >= 15 is 0 Å². The highest BCUT2D eigenvalue weighted by Gasteiger charge is 2.14. The second-order valence-corrected chi connectivity index (χ2v) is 6.06. The predicted molar refractivity (Wildman–Crippen MR) is 103 cm³/mol. The molecule has 0 aliphatic carbocycles. The molecule has 0 aromatic heterocycles. The van der Waals surface area contributed by atoms with Crippen molar-refractivity contribution in [3.63, 3.8) is 0 Å². The van der Waals surface area contributed by atoms with Crippen molar-refractivity contribution in [3.8, 4) is 17.2 Å². The van der Waals surface area contributed by atoms with E-state index in [1.165, 1.54) is 13.2 Å². The van der Waals surface area contributed by atoms with Crippen molar-refractivity contribution < 1.29 is 19.0 Å². The third-order valence-electron chi connectivity index (χ3n) is 3.57. The van der Waals surface area contributed by atoms with Gasteiger partial charge in [-0.15, -0.1) is 0 Å². The van der Waals surface area contributed by atoms with E-state index in [1.54, 1.807) is 32.4 Å². The fourth-order valence-electron chi connectivity index (χ4n) is 2.33. The molecule has 0 atom stereocenters. The second-order valence-electron chi connectivity index (χ2n) is 5.21. The van der Waals surface area contributed by atoms with E-state index in [0.717, 1.165) is 15.7 Å². The van der Waals surface area contributed by atoms with Crippen LogP contribution in [0.2, 0.25) is 0 Å². The average molecular weight is 406 g/mol. The van der Waals surface area contributed by atoms with Gasteiger partial charge in [0.05, 0.1) is 21.3 Å². The van der Waals surface area contributed by atoms with Crippen LogP contribution in [0, 0.1) is 6.92 Å². The number of aryl methyl sites for hydroxylation is 1. The standard InChI is InChI=1S/C19H20BrNO4/c1-12-11-14(7-8-15(12)20)21-17(22)10-6-13-5-9-16(23-2)19(25-4)18(13)24-3/h5-11H,1-4H3,(H,21,22)/b10-6-. The summed E-state index contributed by atoms with van der Waals surface area (Å²) in [6, 6.07) is 9.18. The summed E-state index contributed by atoms with van der Waals surface area (Å²) in [6.07, 6.45) is 3.11. The first kappa shape index (κ1) is 18.9. The SMILES string of the molecule is COc1ccc(/C=C\C(=O)Nc2ccc(Br)c(C)c2)c(OC)c1OC. The van der Waals surface area contributed by atoms with E-state index in [-0.39, 0.29) is 5.91 Å². The van der Waals surface area contributed by atoms with Gasteiger partial charge in [0.25, 0.3) is 0 Å². The van der Waals surface area contributed by atoms with E-state index in [1.807, 2.05) is 25.1 Å². The van der Waals surface area contributed by atoms with Crippen LogP contribution in [0.3, 0.4) is 0 Å². The number of ether oxygens (including phenoxy) is 3. The van der Waals surface area contributed by atoms with Crippen molar-refractivity contribution in [3.05, 3.63) is 52.0 Å². The highest BCUT2D eigenvalue weighted by atomic mass is 79.9. The monoisotopic (exact) mass is 405 g/mol. The van der Waals surface area contributed by atoms with Gasteiger partial charge in [0.15, 0.2) is 11.5 Å². The van der Waals surface area contributed by atoms with Gasteiger partial charge in [0, 0.05) is 21.8 Å². The molecule has 6 heteroatoms. The number of amides is 1. The van der Waals surface area contributed by atoms with Gasteiger partial charge in [-0.2, -0.15) is 0 Å². The van der Waals surface area contributed by atoms with Crippen LogP contribution in [0.4, 0.5) is 5.69 Å². The fraction of sp³-hybridized carbons (Fsp3) is 0.211. The molecule has 0 unspecified atom stereocenters. The van der Waals surface area contributed by atoms with Gasteiger partial charge in [-0.3, -0.25) is 4.79 Å². The Labute approximate surface area is 155 Å². The molecule has 1 N–H and O–H groups in total. The van der Waals surface area contributed by atoms with Crippen LogP contribution in [0.25, 0.3) is 6.08 Å². The van der Waals surface area contributed by atoms with Gasteiger partial charge in [-0.25, -0.2) is 0 Å². The molecule has 25 heavy (non-hydrogen) atoms. The summed E-state index contributed by atoms with van der Waals surface area (Å²) >= 11 is 3.44. The van der Waals surface area contributed by atoms with E-state index in [9.17, 15) is 4.79 Å². The van der Waals surface area contributed by atoms with Gasteiger partial charge in [-0.05, 0) is 48.9 Å². The zero-order chi connectivity index (χ0) is 18.4. The third kappa shape index (κ3) is 4.54. The second kappa shape index (κ2) is 8.58. The highest BCUT2D eigenvalue weighted by Crippen LogP contribution is 2.40. The number of halogens is 1. The van der Waals surface area contributed by atoms with Crippen LogP contribution < -0.4 is 19.5 Å². The van der Waals surface area contributed by atoms with Gasteiger partial charge in [-0.1, -0.05) is 15.9 Å². The molecule has 0 saturated carbocycles. The third-order valence-corrected chi connectivity index (χ3v) is 4.46. The van der Waals surface area contributed by atoms with Crippen LogP contribution in [-0.4, -0.2) is 27.2 Å². The van der Waals surface area contributed by atoms with Crippen molar-refractivity contribution in [1.29, 1.82) is 0 Å². The lowest BCUT2D eigenvalue weighted by atomic mass is 10.1. The molecular weight excluding hydrogens is 386 g/mol. The Balaban J connectivity index is 2.20. The van der Waals surface area contributed by atoms with E-state index in [0.29, 0.717) is 22.8 Å². The van der Waals surface area contributed by atoms with Gasteiger partial charge in [0.1, 0.15) is 0 Å². The largest absolute Gasteiger partial charge is 0.493 e. The van der Waals surface area contributed by atoms with Crippen molar-refractivity contribution in [1.82, 2.24) is 0 Å². The molecule has 1 amide bonds. The Morgan fingerprint density at radius 2 is 1.76 bits per heavy atom. The van der Waals surface area contributed by atoms with E-state index < -0.39 is 0 Å². The van der Waals surface area contributed by atoms with Gasteiger partial charge in [0.2, 0.25) is 11.7 Å². The van der Waals surface area contributed by atoms with E-state index in [2.05, 4.69) is 21.2 Å². The predicted octanol–water partition coefficient (Wildman–Crippen LogP) is 4.44. The zero-order valence-corrected chi connectivity index (χ0v) is 16.1. The summed E-state index contributed by atoms with van der Waals surface area (Å²) < 4.78 is 17.0. The molecule has 0 saturated heterocycles. The first-order valence-corrected chi connectivity index (χ1v) is 8.33. The van der Waals surface area contributed by atoms with Crippen LogP contribution >= 0.6 is 15.9 Å². The Bertz CT molecular complexity index is 802. The van der Waals surface area contributed by atoms with Crippen molar-refractivity contribution in [2.75, 3.05) is 26.6 Å². The molecule has 0 fully saturated rings.